The first-order valence-corrected chi connectivity index (χ1v) is 6.19. The van der Waals surface area contributed by atoms with Gasteiger partial charge in [-0.2, -0.15) is 13.2 Å². The number of aromatic nitrogens is 1. The second-order valence-electron chi connectivity index (χ2n) is 4.26. The number of oxazole rings is 1. The van der Waals surface area contributed by atoms with Crippen LogP contribution in [0.2, 0.25) is 5.02 Å². The van der Waals surface area contributed by atoms with Crippen LogP contribution in [0.5, 0.6) is 0 Å². The van der Waals surface area contributed by atoms with Crippen molar-refractivity contribution in [3.05, 3.63) is 46.1 Å². The number of hydrogen-bond acceptors (Lipinski definition) is 3. The number of nitrogens with one attached hydrogen (secondary N) is 1. The van der Waals surface area contributed by atoms with Crippen LogP contribution in [0.1, 0.15) is 22.9 Å². The zero-order chi connectivity index (χ0) is 14.9. The Bertz CT molecular complexity index is 603. The summed E-state index contributed by atoms with van der Waals surface area (Å²) in [4.78, 5) is 4.09. The first-order chi connectivity index (χ1) is 9.29. The number of aryl methyl sites for hydroxylation is 2. The molecule has 0 aliphatic rings. The van der Waals surface area contributed by atoms with Crippen LogP contribution in [-0.2, 0) is 12.7 Å². The molecule has 7 heteroatoms. The summed E-state index contributed by atoms with van der Waals surface area (Å²) in [7, 11) is 0. The third-order valence-corrected chi connectivity index (χ3v) is 3.12. The Morgan fingerprint density at radius 1 is 1.30 bits per heavy atom. The Hall–Kier alpha value is -1.69. The molecule has 0 bridgehead atoms. The van der Waals surface area contributed by atoms with Gasteiger partial charge in [0.15, 0.2) is 0 Å². The van der Waals surface area contributed by atoms with Gasteiger partial charge in [-0.25, -0.2) is 4.98 Å². The van der Waals surface area contributed by atoms with Crippen LogP contribution in [0.15, 0.2) is 22.6 Å². The fourth-order valence-corrected chi connectivity index (χ4v) is 1.96. The molecule has 0 aliphatic carbocycles. The zero-order valence-corrected chi connectivity index (χ0v) is 11.6. The molecule has 0 atom stereocenters. The molecule has 0 amide bonds. The van der Waals surface area contributed by atoms with E-state index in [1.54, 1.807) is 13.8 Å². The average Bonchev–Trinajstić information content (AvgIpc) is 2.66. The Morgan fingerprint density at radius 2 is 2.00 bits per heavy atom. The van der Waals surface area contributed by atoms with Crippen molar-refractivity contribution >= 4 is 17.3 Å². The smallest absolute Gasteiger partial charge is 0.418 e. The number of para-hydroxylation sites is 1. The summed E-state index contributed by atoms with van der Waals surface area (Å²) in [6, 6.07) is 3.63. The molecule has 0 saturated carbocycles. The van der Waals surface area contributed by atoms with Gasteiger partial charge in [0.25, 0.3) is 0 Å². The van der Waals surface area contributed by atoms with Gasteiger partial charge in [0.2, 0.25) is 5.89 Å². The van der Waals surface area contributed by atoms with Gasteiger partial charge in [-0.05, 0) is 26.0 Å². The number of alkyl halides is 3. The molecular weight excluding hydrogens is 293 g/mol. The van der Waals surface area contributed by atoms with Crippen molar-refractivity contribution in [2.24, 2.45) is 0 Å². The fraction of sp³-hybridized carbons (Fsp3) is 0.308. The number of nitrogens with zero attached hydrogens (tertiary/aromatic N) is 1. The average molecular weight is 305 g/mol. The van der Waals surface area contributed by atoms with Crippen molar-refractivity contribution in [2.75, 3.05) is 5.32 Å². The van der Waals surface area contributed by atoms with Crippen LogP contribution in [0.25, 0.3) is 0 Å². The minimum Gasteiger partial charge on any atom is -0.444 e. The van der Waals surface area contributed by atoms with E-state index in [9.17, 15) is 13.2 Å². The van der Waals surface area contributed by atoms with Gasteiger partial charge in [0, 0.05) is 0 Å². The molecule has 2 aromatic rings. The maximum absolute atomic E-state index is 12.9. The topological polar surface area (TPSA) is 38.1 Å². The van der Waals surface area contributed by atoms with Crippen molar-refractivity contribution in [1.29, 1.82) is 0 Å². The Kier molecular flexibility index (Phi) is 3.94. The van der Waals surface area contributed by atoms with Gasteiger partial charge in [-0.3, -0.25) is 0 Å². The predicted molar refractivity (Wildman–Crippen MR) is 69.8 cm³/mol. The Balaban J connectivity index is 2.25. The summed E-state index contributed by atoms with van der Waals surface area (Å²) in [5.41, 5.74) is -0.280. The first kappa shape index (κ1) is 14.7. The van der Waals surface area contributed by atoms with E-state index in [1.807, 2.05) is 0 Å². The van der Waals surface area contributed by atoms with Crippen LogP contribution in [0, 0.1) is 13.8 Å². The van der Waals surface area contributed by atoms with Crippen LogP contribution in [0.3, 0.4) is 0 Å². The lowest BCUT2D eigenvalue weighted by Gasteiger charge is -2.15. The summed E-state index contributed by atoms with van der Waals surface area (Å²) in [6.45, 7) is 3.53. The van der Waals surface area contributed by atoms with Crippen LogP contribution in [0.4, 0.5) is 18.9 Å². The molecule has 0 spiro atoms. The van der Waals surface area contributed by atoms with Crippen LogP contribution >= 0.6 is 11.6 Å². The first-order valence-electron chi connectivity index (χ1n) is 5.81. The molecule has 0 aliphatic heterocycles. The highest BCUT2D eigenvalue weighted by Crippen LogP contribution is 2.38. The summed E-state index contributed by atoms with van der Waals surface area (Å²) in [5, 5.41) is 2.64. The van der Waals surface area contributed by atoms with Gasteiger partial charge in [-0.15, -0.1) is 0 Å². The van der Waals surface area contributed by atoms with Crippen molar-refractivity contribution < 1.29 is 17.6 Å². The van der Waals surface area contributed by atoms with Gasteiger partial charge in [0.1, 0.15) is 5.76 Å². The molecule has 1 heterocycles. The molecule has 0 saturated heterocycles. The molecule has 20 heavy (non-hydrogen) atoms. The lowest BCUT2D eigenvalue weighted by molar-refractivity contribution is -0.137. The highest BCUT2D eigenvalue weighted by atomic mass is 35.5. The third kappa shape index (κ3) is 3.07. The van der Waals surface area contributed by atoms with E-state index in [4.69, 9.17) is 16.0 Å². The predicted octanol–water partition coefficient (Wildman–Crippen LogP) is 4.58. The second kappa shape index (κ2) is 5.36. The number of rotatable bonds is 3. The van der Waals surface area contributed by atoms with Gasteiger partial charge in [-0.1, -0.05) is 17.7 Å². The fourth-order valence-electron chi connectivity index (χ4n) is 1.72. The minimum atomic E-state index is -4.48. The summed E-state index contributed by atoms with van der Waals surface area (Å²) in [6.07, 6.45) is -4.48. The molecule has 1 aromatic heterocycles. The lowest BCUT2D eigenvalue weighted by atomic mass is 10.1. The monoisotopic (exact) mass is 304 g/mol. The number of hydrogen-bond donors (Lipinski definition) is 1. The maximum Gasteiger partial charge on any atom is 0.418 e. The van der Waals surface area contributed by atoms with E-state index in [-0.39, 0.29) is 17.3 Å². The van der Waals surface area contributed by atoms with Crippen molar-refractivity contribution in [1.82, 2.24) is 4.98 Å². The van der Waals surface area contributed by atoms with Crippen molar-refractivity contribution in [2.45, 2.75) is 26.6 Å². The highest BCUT2D eigenvalue weighted by Gasteiger charge is 2.34. The molecule has 0 radical (unpaired) electrons. The van der Waals surface area contributed by atoms with Crippen LogP contribution < -0.4 is 5.32 Å². The van der Waals surface area contributed by atoms with Crippen molar-refractivity contribution in [3.8, 4) is 0 Å². The minimum absolute atomic E-state index is 0.000162. The molecular formula is C13H12ClF3N2O. The van der Waals surface area contributed by atoms with E-state index in [0.717, 1.165) is 6.07 Å². The summed E-state index contributed by atoms with van der Waals surface area (Å²) in [5.74, 6) is 0.949. The number of halogens is 4. The Morgan fingerprint density at radius 3 is 2.55 bits per heavy atom. The SMILES string of the molecule is Cc1nc(CNc2c(Cl)cccc2C(F)(F)F)oc1C. The van der Waals surface area contributed by atoms with E-state index < -0.39 is 11.7 Å². The Labute approximate surface area is 118 Å². The number of anilines is 1. The summed E-state index contributed by atoms with van der Waals surface area (Å²) < 4.78 is 44.0. The highest BCUT2D eigenvalue weighted by molar-refractivity contribution is 6.33. The molecule has 0 unspecified atom stereocenters. The molecule has 108 valence electrons. The van der Waals surface area contributed by atoms with E-state index in [2.05, 4.69) is 10.3 Å². The second-order valence-corrected chi connectivity index (χ2v) is 4.67. The van der Waals surface area contributed by atoms with Crippen molar-refractivity contribution in [3.63, 3.8) is 0 Å². The van der Waals surface area contributed by atoms with E-state index >= 15 is 0 Å². The van der Waals surface area contributed by atoms with Gasteiger partial charge in [0.05, 0.1) is 28.5 Å². The zero-order valence-electron chi connectivity index (χ0n) is 10.8. The third-order valence-electron chi connectivity index (χ3n) is 2.81. The largest absolute Gasteiger partial charge is 0.444 e. The molecule has 0 fully saturated rings. The quantitative estimate of drug-likeness (QED) is 0.902. The van der Waals surface area contributed by atoms with E-state index in [1.165, 1.54) is 12.1 Å². The molecule has 3 nitrogen and oxygen atoms in total. The maximum atomic E-state index is 12.9. The molecule has 1 N–H and O–H groups in total. The van der Waals surface area contributed by atoms with Gasteiger partial charge < -0.3 is 9.73 Å². The standard InChI is InChI=1S/C13H12ClF3N2O/c1-7-8(2)20-11(19-7)6-18-12-9(13(15,16)17)4-3-5-10(12)14/h3-5,18H,6H2,1-2H3. The van der Waals surface area contributed by atoms with Crippen LogP contribution in [-0.4, -0.2) is 4.98 Å². The van der Waals surface area contributed by atoms with Gasteiger partial charge >= 0.3 is 6.18 Å². The lowest BCUT2D eigenvalue weighted by Crippen LogP contribution is -2.11. The normalized spacial score (nSPS) is 11.7. The van der Waals surface area contributed by atoms with E-state index in [0.29, 0.717) is 17.3 Å². The molecule has 2 rings (SSSR count). The molecule has 1 aromatic carbocycles. The number of benzene rings is 1. The summed E-state index contributed by atoms with van der Waals surface area (Å²) >= 11 is 5.82.